The molecule has 3 fully saturated rings. The molecule has 0 radical (unpaired) electrons. The van der Waals surface area contributed by atoms with Gasteiger partial charge in [0, 0.05) is 32.0 Å². The molecular weight excluding hydrogens is 373 g/mol. The third-order valence-electron chi connectivity index (χ3n) is 6.25. The van der Waals surface area contributed by atoms with E-state index in [9.17, 15) is 18.0 Å². The molecule has 154 valence electrons. The van der Waals surface area contributed by atoms with Crippen LogP contribution in [0.3, 0.4) is 0 Å². The van der Waals surface area contributed by atoms with Crippen molar-refractivity contribution in [3.05, 3.63) is 17.5 Å². The van der Waals surface area contributed by atoms with E-state index in [2.05, 4.69) is 20.6 Å². The smallest absolute Gasteiger partial charge is 0.381 e. The van der Waals surface area contributed by atoms with Gasteiger partial charge < -0.3 is 15.4 Å². The molecule has 0 spiro atoms. The minimum absolute atomic E-state index is 0.0501. The second-order valence-corrected chi connectivity index (χ2v) is 8.15. The zero-order valence-corrected chi connectivity index (χ0v) is 15.6. The van der Waals surface area contributed by atoms with Crippen LogP contribution in [0.5, 0.6) is 0 Å². The Balaban J connectivity index is 1.46. The lowest BCUT2D eigenvalue weighted by atomic mass is 9.95. The number of nitrogens with zero attached hydrogens (tertiary/aromatic N) is 2. The number of carbonyl (C=O) groups is 1. The molecule has 1 aromatic heterocycles. The number of hydrogen-bond acceptors (Lipinski definition) is 5. The van der Waals surface area contributed by atoms with Crippen LogP contribution in [0, 0.1) is 17.8 Å². The number of fused-ring (bicyclic) bond motifs is 2. The maximum Gasteiger partial charge on any atom is 0.434 e. The number of alkyl halides is 3. The number of rotatable bonds is 5. The van der Waals surface area contributed by atoms with E-state index < -0.39 is 23.3 Å². The third kappa shape index (κ3) is 4.24. The summed E-state index contributed by atoms with van der Waals surface area (Å²) in [5.41, 5.74) is -1.71. The molecule has 2 N–H and O–H groups in total. The van der Waals surface area contributed by atoms with Gasteiger partial charge >= 0.3 is 6.18 Å². The molecule has 4 rings (SSSR count). The van der Waals surface area contributed by atoms with E-state index in [1.165, 1.54) is 6.42 Å². The topological polar surface area (TPSA) is 76.1 Å². The maximum atomic E-state index is 13.5. The van der Waals surface area contributed by atoms with E-state index in [-0.39, 0.29) is 17.9 Å². The second-order valence-electron chi connectivity index (χ2n) is 8.15. The standard InChI is InChI=1S/C19H25F3N4O2/c20-19(21,22)16-14(17(27)23-9-11-3-5-28-6-4-11)10-24-18(26-16)25-15-8-12-1-2-13(15)7-12/h10-13,15H,1-9H2,(H,23,27)(H,24,25,26)/t12-,13+,15-/m1/s1. The molecule has 2 aliphatic carbocycles. The molecule has 28 heavy (non-hydrogen) atoms. The molecular formula is C19H25F3N4O2. The van der Waals surface area contributed by atoms with Gasteiger partial charge in [0.15, 0.2) is 5.69 Å². The lowest BCUT2D eigenvalue weighted by molar-refractivity contribution is -0.141. The van der Waals surface area contributed by atoms with Crippen molar-refractivity contribution in [2.24, 2.45) is 17.8 Å². The van der Waals surface area contributed by atoms with Crippen molar-refractivity contribution in [3.8, 4) is 0 Å². The highest BCUT2D eigenvalue weighted by atomic mass is 19.4. The number of hydrogen-bond donors (Lipinski definition) is 2. The van der Waals surface area contributed by atoms with Crippen molar-refractivity contribution in [2.75, 3.05) is 25.1 Å². The number of aromatic nitrogens is 2. The second kappa shape index (κ2) is 7.85. The average molecular weight is 398 g/mol. The summed E-state index contributed by atoms with van der Waals surface area (Å²) in [5.74, 6) is 0.507. The molecule has 1 saturated heterocycles. The summed E-state index contributed by atoms with van der Waals surface area (Å²) in [6, 6.07) is 0.119. The first-order chi connectivity index (χ1) is 13.4. The van der Waals surface area contributed by atoms with Gasteiger partial charge in [-0.05, 0) is 49.9 Å². The monoisotopic (exact) mass is 398 g/mol. The fourth-order valence-corrected chi connectivity index (χ4v) is 4.70. The average Bonchev–Trinajstić information content (AvgIpc) is 3.29. The molecule has 2 heterocycles. The van der Waals surface area contributed by atoms with E-state index in [0.717, 1.165) is 38.3 Å². The van der Waals surface area contributed by atoms with Gasteiger partial charge in [-0.3, -0.25) is 4.79 Å². The fourth-order valence-electron chi connectivity index (χ4n) is 4.70. The van der Waals surface area contributed by atoms with E-state index in [4.69, 9.17) is 4.74 Å². The molecule has 3 atom stereocenters. The minimum atomic E-state index is -4.72. The Kier molecular flexibility index (Phi) is 5.44. The predicted octanol–water partition coefficient (Wildman–Crippen LogP) is 3.25. The molecule has 0 unspecified atom stereocenters. The van der Waals surface area contributed by atoms with Crippen molar-refractivity contribution in [1.29, 1.82) is 0 Å². The van der Waals surface area contributed by atoms with Gasteiger partial charge in [0.2, 0.25) is 5.95 Å². The highest BCUT2D eigenvalue weighted by molar-refractivity contribution is 5.95. The lowest BCUT2D eigenvalue weighted by Gasteiger charge is -2.24. The molecule has 2 saturated carbocycles. The SMILES string of the molecule is O=C(NCC1CCOCC1)c1cnc(N[C@@H]2C[C@@H]3CC[C@H]2C3)nc1C(F)(F)F. The molecule has 1 aliphatic heterocycles. The van der Waals surface area contributed by atoms with Crippen LogP contribution in [0.15, 0.2) is 6.20 Å². The van der Waals surface area contributed by atoms with E-state index in [1.807, 2.05) is 0 Å². The number of anilines is 1. The highest BCUT2D eigenvalue weighted by Crippen LogP contribution is 2.45. The first-order valence-electron chi connectivity index (χ1n) is 9.97. The van der Waals surface area contributed by atoms with E-state index >= 15 is 0 Å². The lowest BCUT2D eigenvalue weighted by Crippen LogP contribution is -2.34. The van der Waals surface area contributed by atoms with Gasteiger partial charge in [0.05, 0.1) is 5.56 Å². The van der Waals surface area contributed by atoms with Gasteiger partial charge in [-0.2, -0.15) is 13.2 Å². The number of nitrogens with one attached hydrogen (secondary N) is 2. The van der Waals surface area contributed by atoms with Crippen molar-refractivity contribution >= 4 is 11.9 Å². The van der Waals surface area contributed by atoms with Crippen molar-refractivity contribution in [2.45, 2.75) is 50.7 Å². The van der Waals surface area contributed by atoms with E-state index in [0.29, 0.717) is 31.6 Å². The van der Waals surface area contributed by atoms with Crippen LogP contribution < -0.4 is 10.6 Å². The molecule has 1 amide bonds. The number of amides is 1. The summed E-state index contributed by atoms with van der Waals surface area (Å²) in [7, 11) is 0. The first-order valence-corrected chi connectivity index (χ1v) is 9.97. The normalized spacial score (nSPS) is 27.8. The van der Waals surface area contributed by atoms with Crippen molar-refractivity contribution in [3.63, 3.8) is 0 Å². The largest absolute Gasteiger partial charge is 0.434 e. The maximum absolute atomic E-state index is 13.5. The first kappa shape index (κ1) is 19.4. The third-order valence-corrected chi connectivity index (χ3v) is 6.25. The molecule has 6 nitrogen and oxygen atoms in total. The molecule has 9 heteroatoms. The van der Waals surface area contributed by atoms with Crippen molar-refractivity contribution < 1.29 is 22.7 Å². The van der Waals surface area contributed by atoms with Gasteiger partial charge in [0.25, 0.3) is 5.91 Å². The number of ether oxygens (including phenoxy) is 1. The van der Waals surface area contributed by atoms with Crippen LogP contribution in [0.1, 0.15) is 54.6 Å². The Morgan fingerprint density at radius 1 is 1.18 bits per heavy atom. The Morgan fingerprint density at radius 3 is 2.61 bits per heavy atom. The van der Waals surface area contributed by atoms with Crippen LogP contribution in [0.2, 0.25) is 0 Å². The number of carbonyl (C=O) groups excluding carboxylic acids is 1. The van der Waals surface area contributed by atoms with Gasteiger partial charge in [-0.25, -0.2) is 9.97 Å². The fraction of sp³-hybridized carbons (Fsp3) is 0.737. The summed E-state index contributed by atoms with van der Waals surface area (Å²) in [5, 5.41) is 5.67. The summed E-state index contributed by atoms with van der Waals surface area (Å²) in [6.45, 7) is 1.55. The minimum Gasteiger partial charge on any atom is -0.381 e. The molecule has 1 aromatic rings. The Labute approximate surface area is 161 Å². The van der Waals surface area contributed by atoms with Gasteiger partial charge in [-0.1, -0.05) is 6.42 Å². The number of halogens is 3. The Morgan fingerprint density at radius 2 is 1.96 bits per heavy atom. The van der Waals surface area contributed by atoms with Gasteiger partial charge in [0.1, 0.15) is 0 Å². The zero-order chi connectivity index (χ0) is 19.7. The summed E-state index contributed by atoms with van der Waals surface area (Å²) in [4.78, 5) is 20.1. The molecule has 0 aromatic carbocycles. The van der Waals surface area contributed by atoms with Crippen molar-refractivity contribution in [1.82, 2.24) is 15.3 Å². The molecule has 3 aliphatic rings. The van der Waals surface area contributed by atoms with Crippen LogP contribution >= 0.6 is 0 Å². The zero-order valence-electron chi connectivity index (χ0n) is 15.6. The molecule has 2 bridgehead atoms. The van der Waals surface area contributed by atoms with Gasteiger partial charge in [-0.15, -0.1) is 0 Å². The summed E-state index contributed by atoms with van der Waals surface area (Å²) < 4.78 is 45.9. The Bertz CT molecular complexity index is 722. The highest BCUT2D eigenvalue weighted by Gasteiger charge is 2.41. The van der Waals surface area contributed by atoms with Crippen LogP contribution in [0.25, 0.3) is 0 Å². The summed E-state index contributed by atoms with van der Waals surface area (Å²) in [6.07, 6.45) is 2.21. The van der Waals surface area contributed by atoms with Crippen LogP contribution in [0.4, 0.5) is 19.1 Å². The van der Waals surface area contributed by atoms with E-state index in [1.54, 1.807) is 0 Å². The quantitative estimate of drug-likeness (QED) is 0.796. The van der Waals surface area contributed by atoms with Crippen LogP contribution in [-0.2, 0) is 10.9 Å². The summed E-state index contributed by atoms with van der Waals surface area (Å²) >= 11 is 0. The predicted molar refractivity (Wildman–Crippen MR) is 95.8 cm³/mol. The van der Waals surface area contributed by atoms with Crippen LogP contribution in [-0.4, -0.2) is 41.7 Å². The Hall–Kier alpha value is -1.90.